The summed E-state index contributed by atoms with van der Waals surface area (Å²) in [6.07, 6.45) is -0.481. The van der Waals surface area contributed by atoms with Gasteiger partial charge in [-0.1, -0.05) is 62.4 Å². The van der Waals surface area contributed by atoms with E-state index < -0.39 is 6.10 Å². The first kappa shape index (κ1) is 19.6. The fraction of sp³-hybridized carbons (Fsp3) is 0.304. The first-order chi connectivity index (χ1) is 13.1. The first-order valence-electron chi connectivity index (χ1n) is 9.36. The number of aliphatic hydroxyl groups is 1. The zero-order chi connectivity index (χ0) is 19.1. The highest BCUT2D eigenvalue weighted by Crippen LogP contribution is 2.32. The molecule has 0 aliphatic rings. The van der Waals surface area contributed by atoms with Crippen LogP contribution in [0.5, 0.6) is 5.75 Å². The zero-order valence-corrected chi connectivity index (χ0v) is 16.8. The molecule has 0 aliphatic heterocycles. The van der Waals surface area contributed by atoms with Gasteiger partial charge in [0, 0.05) is 5.41 Å². The average Bonchev–Trinajstić information content (AvgIpc) is 3.21. The average molecular weight is 383 g/mol. The lowest BCUT2D eigenvalue weighted by molar-refractivity contribution is -0.676. The van der Waals surface area contributed by atoms with Gasteiger partial charge in [0.25, 0.3) is 0 Å². The predicted molar refractivity (Wildman–Crippen MR) is 111 cm³/mol. The third kappa shape index (κ3) is 5.42. The van der Waals surface area contributed by atoms with Crippen LogP contribution in [0.15, 0.2) is 72.1 Å². The molecule has 3 aromatic rings. The largest absolute Gasteiger partial charge is 0.491 e. The molecule has 3 nitrogen and oxygen atoms in total. The highest BCUT2D eigenvalue weighted by Gasteiger charge is 2.22. The molecular formula is C23H28NO2S+. The molecule has 0 fully saturated rings. The van der Waals surface area contributed by atoms with Crippen LogP contribution >= 0.6 is 11.3 Å². The Bertz CT molecular complexity index is 798. The van der Waals surface area contributed by atoms with Crippen LogP contribution in [0, 0.1) is 0 Å². The number of quaternary nitrogens is 1. The van der Waals surface area contributed by atoms with Crippen LogP contribution in [-0.4, -0.2) is 24.4 Å². The fourth-order valence-corrected chi connectivity index (χ4v) is 3.80. The van der Waals surface area contributed by atoms with Gasteiger partial charge in [0.05, 0.1) is 4.88 Å². The quantitative estimate of drug-likeness (QED) is 0.594. The number of nitrogens with two attached hydrogens (primary N) is 1. The van der Waals surface area contributed by atoms with Gasteiger partial charge >= 0.3 is 0 Å². The summed E-state index contributed by atoms with van der Waals surface area (Å²) in [4.78, 5) is 1.32. The number of benzene rings is 2. The van der Waals surface area contributed by atoms with Crippen molar-refractivity contribution in [3.05, 3.63) is 88.1 Å². The van der Waals surface area contributed by atoms with Crippen molar-refractivity contribution in [3.63, 3.8) is 0 Å². The van der Waals surface area contributed by atoms with Gasteiger partial charge in [0.15, 0.2) is 0 Å². The Morgan fingerprint density at radius 2 is 1.67 bits per heavy atom. The molecule has 4 heteroatoms. The van der Waals surface area contributed by atoms with Crippen molar-refractivity contribution in [2.75, 3.05) is 13.2 Å². The topological polar surface area (TPSA) is 46.1 Å². The van der Waals surface area contributed by atoms with Gasteiger partial charge in [-0.25, -0.2) is 0 Å². The lowest BCUT2D eigenvalue weighted by atomic mass is 9.78. The van der Waals surface area contributed by atoms with E-state index in [1.165, 1.54) is 16.0 Å². The van der Waals surface area contributed by atoms with Crippen LogP contribution in [0.1, 0.15) is 29.9 Å². The fourth-order valence-electron chi connectivity index (χ4n) is 3.10. The van der Waals surface area contributed by atoms with E-state index in [2.05, 4.69) is 73.1 Å². The minimum atomic E-state index is -0.481. The van der Waals surface area contributed by atoms with E-state index in [9.17, 15) is 5.11 Å². The Morgan fingerprint density at radius 3 is 2.33 bits per heavy atom. The molecule has 27 heavy (non-hydrogen) atoms. The van der Waals surface area contributed by atoms with E-state index in [-0.39, 0.29) is 5.41 Å². The minimum absolute atomic E-state index is 0.0595. The minimum Gasteiger partial charge on any atom is -0.491 e. The zero-order valence-electron chi connectivity index (χ0n) is 16.0. The molecule has 2 aromatic carbocycles. The van der Waals surface area contributed by atoms with Crippen molar-refractivity contribution >= 4 is 11.3 Å². The molecule has 3 N–H and O–H groups in total. The molecular weight excluding hydrogens is 354 g/mol. The summed E-state index contributed by atoms with van der Waals surface area (Å²) in [5.41, 5.74) is 2.47. The second-order valence-corrected chi connectivity index (χ2v) is 8.32. The molecule has 0 amide bonds. The van der Waals surface area contributed by atoms with Gasteiger partial charge in [-0.2, -0.15) is 0 Å². The molecule has 0 bridgehead atoms. The Hall–Kier alpha value is -2.14. The third-order valence-corrected chi connectivity index (χ3v) is 5.78. The van der Waals surface area contributed by atoms with Crippen molar-refractivity contribution in [2.24, 2.45) is 0 Å². The number of thiophene rings is 1. The van der Waals surface area contributed by atoms with E-state index >= 15 is 0 Å². The van der Waals surface area contributed by atoms with Crippen molar-refractivity contribution in [1.29, 1.82) is 0 Å². The lowest BCUT2D eigenvalue weighted by Crippen LogP contribution is -2.85. The van der Waals surface area contributed by atoms with Gasteiger partial charge in [-0.05, 0) is 34.7 Å². The van der Waals surface area contributed by atoms with E-state index in [0.717, 1.165) is 12.3 Å². The van der Waals surface area contributed by atoms with Crippen molar-refractivity contribution in [3.8, 4) is 5.75 Å². The van der Waals surface area contributed by atoms with E-state index in [1.54, 1.807) is 11.3 Å². The maximum atomic E-state index is 10.1. The van der Waals surface area contributed by atoms with Gasteiger partial charge in [-0.3, -0.25) is 0 Å². The highest BCUT2D eigenvalue weighted by molar-refractivity contribution is 7.09. The van der Waals surface area contributed by atoms with Crippen LogP contribution in [-0.2, 0) is 12.0 Å². The number of hydrogen-bond acceptors (Lipinski definition) is 3. The molecule has 0 radical (unpaired) electrons. The van der Waals surface area contributed by atoms with Crippen LogP contribution in [0.25, 0.3) is 0 Å². The van der Waals surface area contributed by atoms with Gasteiger partial charge in [0.1, 0.15) is 31.5 Å². The Balaban J connectivity index is 1.49. The summed E-state index contributed by atoms with van der Waals surface area (Å²) in [5.74, 6) is 0.792. The van der Waals surface area contributed by atoms with E-state index in [4.69, 9.17) is 4.74 Å². The molecule has 0 aliphatic carbocycles. The van der Waals surface area contributed by atoms with Gasteiger partial charge < -0.3 is 15.2 Å². The second kappa shape index (κ2) is 9.18. The van der Waals surface area contributed by atoms with Crippen molar-refractivity contribution < 1.29 is 15.2 Å². The molecule has 1 aromatic heterocycles. The van der Waals surface area contributed by atoms with E-state index in [1.807, 2.05) is 18.2 Å². The lowest BCUT2D eigenvalue weighted by Gasteiger charge is -2.26. The molecule has 0 saturated heterocycles. The summed E-state index contributed by atoms with van der Waals surface area (Å²) in [7, 11) is 0. The Morgan fingerprint density at radius 1 is 0.963 bits per heavy atom. The second-order valence-electron chi connectivity index (χ2n) is 7.29. The van der Waals surface area contributed by atoms with Crippen LogP contribution in [0.2, 0.25) is 0 Å². The molecule has 0 saturated carbocycles. The van der Waals surface area contributed by atoms with Gasteiger partial charge in [0.2, 0.25) is 0 Å². The van der Waals surface area contributed by atoms with Crippen LogP contribution < -0.4 is 10.1 Å². The Labute approximate surface area is 165 Å². The number of ether oxygens (including phenoxy) is 1. The van der Waals surface area contributed by atoms with Crippen molar-refractivity contribution in [1.82, 2.24) is 0 Å². The first-order valence-corrected chi connectivity index (χ1v) is 10.2. The molecule has 0 spiro atoms. The molecule has 1 atom stereocenters. The third-order valence-electron chi connectivity index (χ3n) is 4.88. The molecule has 0 unspecified atom stereocenters. The summed E-state index contributed by atoms with van der Waals surface area (Å²) < 4.78 is 5.76. The van der Waals surface area contributed by atoms with Crippen molar-refractivity contribution in [2.45, 2.75) is 31.9 Å². The maximum absolute atomic E-state index is 10.1. The normalized spacial score (nSPS) is 12.7. The van der Waals surface area contributed by atoms with Gasteiger partial charge in [-0.15, -0.1) is 11.3 Å². The number of rotatable bonds is 9. The monoisotopic (exact) mass is 382 g/mol. The standard InChI is InChI=1S/C23H27NO2S/c1-23(2,18-7-4-3-5-8-18)19-10-12-21(13-11-19)26-17-20(25)15-24-16-22-9-6-14-27-22/h3-14,20,24-25H,15-17H2,1-2H3/p+1/t20-/m0/s1. The summed E-state index contributed by atoms with van der Waals surface area (Å²) >= 11 is 1.74. The predicted octanol–water partition coefficient (Wildman–Crippen LogP) is 3.58. The van der Waals surface area contributed by atoms with Crippen LogP contribution in [0.3, 0.4) is 0 Å². The summed E-state index contributed by atoms with van der Waals surface area (Å²) in [6.45, 7) is 6.30. The highest BCUT2D eigenvalue weighted by atomic mass is 32.1. The maximum Gasteiger partial charge on any atom is 0.137 e. The number of hydrogen-bond donors (Lipinski definition) is 2. The molecule has 142 valence electrons. The van der Waals surface area contributed by atoms with E-state index in [0.29, 0.717) is 13.2 Å². The summed E-state index contributed by atoms with van der Waals surface area (Å²) in [5, 5.41) is 14.3. The smallest absolute Gasteiger partial charge is 0.137 e. The molecule has 1 heterocycles. The number of aliphatic hydroxyl groups excluding tert-OH is 1. The SMILES string of the molecule is CC(C)(c1ccccc1)c1ccc(OC[C@@H](O)C[NH2+]Cc2cccs2)cc1. The molecule has 3 rings (SSSR count). The Kier molecular flexibility index (Phi) is 6.67. The van der Waals surface area contributed by atoms with Crippen LogP contribution in [0.4, 0.5) is 0 Å². The summed E-state index contributed by atoms with van der Waals surface area (Å²) in [6, 6.07) is 22.9.